The van der Waals surface area contributed by atoms with Crippen molar-refractivity contribution in [3.05, 3.63) is 21.9 Å². The van der Waals surface area contributed by atoms with Crippen LogP contribution < -0.4 is 5.32 Å². The third kappa shape index (κ3) is 4.86. The van der Waals surface area contributed by atoms with E-state index in [1.807, 2.05) is 11.3 Å². The lowest BCUT2D eigenvalue weighted by Gasteiger charge is -2.17. The Kier molecular flexibility index (Phi) is 6.40. The van der Waals surface area contributed by atoms with E-state index in [1.165, 1.54) is 9.75 Å². The number of hydrogen-bond acceptors (Lipinski definition) is 2. The normalized spacial score (nSPS) is 13.3. The van der Waals surface area contributed by atoms with Crippen LogP contribution in [0.25, 0.3) is 0 Å². The highest BCUT2D eigenvalue weighted by Gasteiger charge is 2.09. The minimum absolute atomic E-state index is 0.439. The SMILES string of the molecule is CCc1ccc(CNC(CCl)CC(C)C)s1. The van der Waals surface area contributed by atoms with Crippen molar-refractivity contribution in [3.8, 4) is 0 Å². The molecule has 1 unspecified atom stereocenters. The molecule has 0 saturated carbocycles. The Morgan fingerprint density at radius 1 is 1.31 bits per heavy atom. The summed E-state index contributed by atoms with van der Waals surface area (Å²) in [4.78, 5) is 2.87. The van der Waals surface area contributed by atoms with Crippen molar-refractivity contribution in [1.82, 2.24) is 5.32 Å². The highest BCUT2D eigenvalue weighted by atomic mass is 35.5. The van der Waals surface area contributed by atoms with E-state index >= 15 is 0 Å². The third-order valence-electron chi connectivity index (χ3n) is 2.57. The molecule has 1 rings (SSSR count). The zero-order valence-electron chi connectivity index (χ0n) is 10.4. The largest absolute Gasteiger partial charge is 0.308 e. The van der Waals surface area contributed by atoms with Crippen molar-refractivity contribution in [2.45, 2.75) is 46.2 Å². The first kappa shape index (κ1) is 14.0. The van der Waals surface area contributed by atoms with Crippen LogP contribution in [-0.2, 0) is 13.0 Å². The molecule has 0 radical (unpaired) electrons. The lowest BCUT2D eigenvalue weighted by molar-refractivity contribution is 0.446. The standard InChI is InChI=1S/C13H22ClNS/c1-4-12-5-6-13(16-12)9-15-11(8-14)7-10(2)3/h5-6,10-11,15H,4,7-9H2,1-3H3. The smallest absolute Gasteiger partial charge is 0.0377 e. The summed E-state index contributed by atoms with van der Waals surface area (Å²) in [6.45, 7) is 7.63. The second-order valence-corrected chi connectivity index (χ2v) is 6.14. The maximum Gasteiger partial charge on any atom is 0.0377 e. The summed E-state index contributed by atoms with van der Waals surface area (Å²) in [5.74, 6) is 1.40. The number of halogens is 1. The lowest BCUT2D eigenvalue weighted by Crippen LogP contribution is -2.31. The van der Waals surface area contributed by atoms with Crippen molar-refractivity contribution in [3.63, 3.8) is 0 Å². The molecule has 0 amide bonds. The molecule has 92 valence electrons. The Labute approximate surface area is 108 Å². The summed E-state index contributed by atoms with van der Waals surface area (Å²) in [5.41, 5.74) is 0. The monoisotopic (exact) mass is 259 g/mol. The zero-order valence-corrected chi connectivity index (χ0v) is 12.0. The molecular formula is C13H22ClNS. The summed E-state index contributed by atoms with van der Waals surface area (Å²) >= 11 is 7.85. The van der Waals surface area contributed by atoms with Crippen molar-refractivity contribution in [2.75, 3.05) is 5.88 Å². The van der Waals surface area contributed by atoms with Crippen LogP contribution in [0.4, 0.5) is 0 Å². The molecule has 1 N–H and O–H groups in total. The average Bonchev–Trinajstić information content (AvgIpc) is 2.71. The van der Waals surface area contributed by atoms with Crippen LogP contribution in [-0.4, -0.2) is 11.9 Å². The fourth-order valence-corrected chi connectivity index (χ4v) is 2.87. The van der Waals surface area contributed by atoms with E-state index in [-0.39, 0.29) is 0 Å². The highest BCUT2D eigenvalue weighted by Crippen LogP contribution is 2.17. The molecule has 1 aromatic rings. The Bertz CT molecular complexity index is 296. The van der Waals surface area contributed by atoms with Gasteiger partial charge in [-0.2, -0.15) is 0 Å². The maximum absolute atomic E-state index is 5.95. The number of thiophene rings is 1. The first-order valence-corrected chi connectivity index (χ1v) is 7.37. The second kappa shape index (κ2) is 7.31. The molecule has 1 heterocycles. The van der Waals surface area contributed by atoms with Gasteiger partial charge < -0.3 is 5.32 Å². The molecule has 0 aliphatic rings. The van der Waals surface area contributed by atoms with E-state index in [9.17, 15) is 0 Å². The van der Waals surface area contributed by atoms with Crippen LogP contribution in [0.15, 0.2) is 12.1 Å². The van der Waals surface area contributed by atoms with Crippen LogP contribution >= 0.6 is 22.9 Å². The fourth-order valence-electron chi connectivity index (χ4n) is 1.72. The molecule has 3 heteroatoms. The lowest BCUT2D eigenvalue weighted by atomic mass is 10.1. The number of hydrogen-bond donors (Lipinski definition) is 1. The molecule has 0 aliphatic carbocycles. The topological polar surface area (TPSA) is 12.0 Å². The van der Waals surface area contributed by atoms with E-state index < -0.39 is 0 Å². The van der Waals surface area contributed by atoms with E-state index in [0.29, 0.717) is 17.8 Å². The highest BCUT2D eigenvalue weighted by molar-refractivity contribution is 7.11. The molecule has 0 bridgehead atoms. The van der Waals surface area contributed by atoms with Crippen molar-refractivity contribution in [1.29, 1.82) is 0 Å². The van der Waals surface area contributed by atoms with Gasteiger partial charge in [-0.05, 0) is 30.9 Å². The summed E-state index contributed by atoms with van der Waals surface area (Å²) < 4.78 is 0. The van der Waals surface area contributed by atoms with Gasteiger partial charge >= 0.3 is 0 Å². The summed E-state index contributed by atoms with van der Waals surface area (Å²) in [5, 5.41) is 3.53. The molecule has 16 heavy (non-hydrogen) atoms. The molecule has 0 fully saturated rings. The van der Waals surface area contributed by atoms with E-state index in [4.69, 9.17) is 11.6 Å². The van der Waals surface area contributed by atoms with Crippen LogP contribution in [0.2, 0.25) is 0 Å². The Morgan fingerprint density at radius 3 is 2.50 bits per heavy atom. The predicted octanol–water partition coefficient (Wildman–Crippen LogP) is 4.05. The van der Waals surface area contributed by atoms with Gasteiger partial charge in [0.15, 0.2) is 0 Å². The summed E-state index contributed by atoms with van der Waals surface area (Å²) in [6, 6.07) is 4.88. The average molecular weight is 260 g/mol. The number of rotatable bonds is 7. The quantitative estimate of drug-likeness (QED) is 0.729. The van der Waals surface area contributed by atoms with Crippen LogP contribution in [0.3, 0.4) is 0 Å². The van der Waals surface area contributed by atoms with Crippen molar-refractivity contribution in [2.24, 2.45) is 5.92 Å². The minimum atomic E-state index is 0.439. The van der Waals surface area contributed by atoms with Crippen LogP contribution in [0.5, 0.6) is 0 Å². The van der Waals surface area contributed by atoms with E-state index in [2.05, 4.69) is 38.2 Å². The van der Waals surface area contributed by atoms with Gasteiger partial charge in [0.2, 0.25) is 0 Å². The van der Waals surface area contributed by atoms with Crippen LogP contribution in [0.1, 0.15) is 36.9 Å². The molecule has 1 aromatic heterocycles. The fraction of sp³-hybridized carbons (Fsp3) is 0.692. The molecular weight excluding hydrogens is 238 g/mol. The molecule has 1 nitrogen and oxygen atoms in total. The Balaban J connectivity index is 2.36. The van der Waals surface area contributed by atoms with Crippen LogP contribution in [0, 0.1) is 5.92 Å². The maximum atomic E-state index is 5.95. The van der Waals surface area contributed by atoms with Gasteiger partial charge in [0, 0.05) is 28.2 Å². The minimum Gasteiger partial charge on any atom is -0.308 e. The first-order valence-electron chi connectivity index (χ1n) is 6.02. The van der Waals surface area contributed by atoms with Crippen molar-refractivity contribution < 1.29 is 0 Å². The molecule has 0 aliphatic heterocycles. The molecule has 1 atom stereocenters. The van der Waals surface area contributed by atoms with E-state index in [0.717, 1.165) is 19.4 Å². The first-order chi connectivity index (χ1) is 7.65. The zero-order chi connectivity index (χ0) is 12.0. The van der Waals surface area contributed by atoms with E-state index in [1.54, 1.807) is 0 Å². The second-order valence-electron chi connectivity index (χ2n) is 4.58. The molecule has 0 spiro atoms. The van der Waals surface area contributed by atoms with Gasteiger partial charge in [-0.3, -0.25) is 0 Å². The van der Waals surface area contributed by atoms with Crippen molar-refractivity contribution >= 4 is 22.9 Å². The van der Waals surface area contributed by atoms with Gasteiger partial charge in [-0.1, -0.05) is 20.8 Å². The third-order valence-corrected chi connectivity index (χ3v) is 4.17. The van der Waals surface area contributed by atoms with Gasteiger partial charge in [-0.15, -0.1) is 22.9 Å². The van der Waals surface area contributed by atoms with Gasteiger partial charge in [0.1, 0.15) is 0 Å². The van der Waals surface area contributed by atoms with Gasteiger partial charge in [0.05, 0.1) is 0 Å². The Morgan fingerprint density at radius 2 is 2.00 bits per heavy atom. The van der Waals surface area contributed by atoms with Gasteiger partial charge in [-0.25, -0.2) is 0 Å². The number of nitrogens with one attached hydrogen (secondary N) is 1. The Hall–Kier alpha value is -0.0500. The predicted molar refractivity (Wildman–Crippen MR) is 74.5 cm³/mol. The molecule has 0 saturated heterocycles. The van der Waals surface area contributed by atoms with Gasteiger partial charge in [0.25, 0.3) is 0 Å². The number of alkyl halides is 1. The summed E-state index contributed by atoms with van der Waals surface area (Å²) in [7, 11) is 0. The number of aryl methyl sites for hydroxylation is 1. The molecule has 0 aromatic carbocycles. The summed E-state index contributed by atoms with van der Waals surface area (Å²) in [6.07, 6.45) is 2.28.